The van der Waals surface area contributed by atoms with Crippen LogP contribution in [0.1, 0.15) is 44.9 Å². The molecule has 4 aliphatic carbocycles. The predicted molar refractivity (Wildman–Crippen MR) is 71.1 cm³/mol. The molecule has 0 heterocycles. The van der Waals surface area contributed by atoms with Crippen LogP contribution in [0.2, 0.25) is 0 Å². The number of allylic oxidation sites excluding steroid dienone is 1. The maximum atomic E-state index is 5.81. The monoisotopic (exact) mass is 234 g/mol. The van der Waals surface area contributed by atoms with Gasteiger partial charge < -0.3 is 0 Å². The van der Waals surface area contributed by atoms with E-state index in [1.165, 1.54) is 38.5 Å². The lowest BCUT2D eigenvalue weighted by atomic mass is 9.50. The number of hydrogen-bond donors (Lipinski definition) is 2. The second kappa shape index (κ2) is 4.74. The maximum absolute atomic E-state index is 5.81. The van der Waals surface area contributed by atoms with E-state index in [0.717, 1.165) is 36.0 Å². The van der Waals surface area contributed by atoms with Crippen molar-refractivity contribution < 1.29 is 0 Å². The van der Waals surface area contributed by atoms with Gasteiger partial charge in [-0.2, -0.15) is 0 Å². The van der Waals surface area contributed by atoms with Crippen molar-refractivity contribution in [2.45, 2.75) is 51.0 Å². The standard InChI is InChI=1S/C15H26N2/c1-2-3-4-14(17-16)15-12-6-10-5-11(8-12)9-13(15)7-10/h2,10-15,17H,1,3-9,16H2. The maximum Gasteiger partial charge on any atom is 0.0247 e. The van der Waals surface area contributed by atoms with Gasteiger partial charge in [0.2, 0.25) is 0 Å². The highest BCUT2D eigenvalue weighted by Crippen LogP contribution is 2.57. The molecule has 2 nitrogen and oxygen atoms in total. The van der Waals surface area contributed by atoms with Crippen molar-refractivity contribution in [3.05, 3.63) is 12.7 Å². The summed E-state index contributed by atoms with van der Waals surface area (Å²) >= 11 is 0. The van der Waals surface area contributed by atoms with E-state index in [1.807, 2.05) is 6.08 Å². The fourth-order valence-corrected chi connectivity index (χ4v) is 5.31. The Morgan fingerprint density at radius 3 is 2.18 bits per heavy atom. The minimum atomic E-state index is 0.531. The Labute approximate surface area is 105 Å². The number of nitrogens with two attached hydrogens (primary N) is 1. The Hall–Kier alpha value is -0.340. The summed E-state index contributed by atoms with van der Waals surface area (Å²) in [6.45, 7) is 3.83. The molecule has 0 aromatic carbocycles. The van der Waals surface area contributed by atoms with E-state index in [0.29, 0.717) is 6.04 Å². The first kappa shape index (κ1) is 11.7. The molecule has 17 heavy (non-hydrogen) atoms. The summed E-state index contributed by atoms with van der Waals surface area (Å²) in [5.74, 6) is 10.7. The Balaban J connectivity index is 1.71. The molecule has 1 unspecified atom stereocenters. The van der Waals surface area contributed by atoms with Crippen molar-refractivity contribution in [1.29, 1.82) is 0 Å². The summed E-state index contributed by atoms with van der Waals surface area (Å²) in [5.41, 5.74) is 3.12. The van der Waals surface area contributed by atoms with Gasteiger partial charge in [0.05, 0.1) is 0 Å². The van der Waals surface area contributed by atoms with Crippen LogP contribution in [0, 0.1) is 29.6 Å². The van der Waals surface area contributed by atoms with Gasteiger partial charge in [0.15, 0.2) is 0 Å². The van der Waals surface area contributed by atoms with Crippen molar-refractivity contribution >= 4 is 0 Å². The molecule has 4 bridgehead atoms. The summed E-state index contributed by atoms with van der Waals surface area (Å²) < 4.78 is 0. The summed E-state index contributed by atoms with van der Waals surface area (Å²) in [5, 5.41) is 0. The Morgan fingerprint density at radius 1 is 1.12 bits per heavy atom. The molecular weight excluding hydrogens is 208 g/mol. The lowest BCUT2D eigenvalue weighted by Gasteiger charge is -2.56. The van der Waals surface area contributed by atoms with E-state index in [1.54, 1.807) is 0 Å². The molecule has 0 aliphatic heterocycles. The zero-order valence-corrected chi connectivity index (χ0v) is 10.8. The van der Waals surface area contributed by atoms with Crippen LogP contribution in [0.3, 0.4) is 0 Å². The average Bonchev–Trinajstić information content (AvgIpc) is 2.31. The summed E-state index contributed by atoms with van der Waals surface area (Å²) in [6.07, 6.45) is 11.8. The first-order valence-corrected chi connectivity index (χ1v) is 7.38. The molecule has 0 radical (unpaired) electrons. The fraction of sp³-hybridized carbons (Fsp3) is 0.867. The number of hydrazine groups is 1. The smallest absolute Gasteiger partial charge is 0.0247 e. The average molecular weight is 234 g/mol. The zero-order chi connectivity index (χ0) is 11.8. The van der Waals surface area contributed by atoms with Gasteiger partial charge in [-0.05, 0) is 74.5 Å². The summed E-state index contributed by atoms with van der Waals surface area (Å²) in [6, 6.07) is 0.531. The van der Waals surface area contributed by atoms with E-state index in [2.05, 4.69) is 12.0 Å². The van der Waals surface area contributed by atoms with Crippen molar-refractivity contribution in [3.8, 4) is 0 Å². The third-order valence-corrected chi connectivity index (χ3v) is 5.66. The van der Waals surface area contributed by atoms with Gasteiger partial charge in [-0.1, -0.05) is 6.08 Å². The molecule has 4 saturated carbocycles. The van der Waals surface area contributed by atoms with Gasteiger partial charge in [0.25, 0.3) is 0 Å². The van der Waals surface area contributed by atoms with Gasteiger partial charge in [0.1, 0.15) is 0 Å². The van der Waals surface area contributed by atoms with E-state index < -0.39 is 0 Å². The van der Waals surface area contributed by atoms with Crippen LogP contribution >= 0.6 is 0 Å². The van der Waals surface area contributed by atoms with Gasteiger partial charge in [-0.15, -0.1) is 6.58 Å². The van der Waals surface area contributed by atoms with E-state index in [9.17, 15) is 0 Å². The van der Waals surface area contributed by atoms with Crippen LogP contribution in [-0.4, -0.2) is 6.04 Å². The van der Waals surface area contributed by atoms with E-state index in [-0.39, 0.29) is 0 Å². The van der Waals surface area contributed by atoms with Gasteiger partial charge in [-0.3, -0.25) is 11.3 Å². The third kappa shape index (κ3) is 2.06. The van der Waals surface area contributed by atoms with Crippen LogP contribution in [-0.2, 0) is 0 Å². The van der Waals surface area contributed by atoms with Gasteiger partial charge in [0, 0.05) is 6.04 Å². The highest BCUT2D eigenvalue weighted by Gasteiger charge is 2.50. The first-order chi connectivity index (χ1) is 8.31. The third-order valence-electron chi connectivity index (χ3n) is 5.66. The zero-order valence-electron chi connectivity index (χ0n) is 10.8. The van der Waals surface area contributed by atoms with Crippen LogP contribution in [0.25, 0.3) is 0 Å². The van der Waals surface area contributed by atoms with Crippen molar-refractivity contribution in [2.75, 3.05) is 0 Å². The van der Waals surface area contributed by atoms with Gasteiger partial charge >= 0.3 is 0 Å². The summed E-state index contributed by atoms with van der Waals surface area (Å²) in [4.78, 5) is 0. The summed E-state index contributed by atoms with van der Waals surface area (Å²) in [7, 11) is 0. The second-order valence-corrected chi connectivity index (χ2v) is 6.65. The molecule has 0 saturated heterocycles. The number of rotatable bonds is 5. The fourth-order valence-electron chi connectivity index (χ4n) is 5.31. The van der Waals surface area contributed by atoms with Crippen molar-refractivity contribution in [3.63, 3.8) is 0 Å². The molecule has 0 aromatic rings. The first-order valence-electron chi connectivity index (χ1n) is 7.38. The molecular formula is C15H26N2. The lowest BCUT2D eigenvalue weighted by molar-refractivity contribution is -0.0528. The minimum absolute atomic E-state index is 0.531. The Morgan fingerprint density at radius 2 is 1.71 bits per heavy atom. The molecule has 4 aliphatic rings. The quantitative estimate of drug-likeness (QED) is 0.436. The van der Waals surface area contributed by atoms with Crippen LogP contribution in [0.4, 0.5) is 0 Å². The second-order valence-electron chi connectivity index (χ2n) is 6.65. The normalized spacial score (nSPS) is 44.9. The number of hydrogen-bond acceptors (Lipinski definition) is 2. The highest BCUT2D eigenvalue weighted by atomic mass is 15.2. The largest absolute Gasteiger partial charge is 0.271 e. The molecule has 0 spiro atoms. The topological polar surface area (TPSA) is 38.0 Å². The molecule has 2 heteroatoms. The highest BCUT2D eigenvalue weighted by molar-refractivity contribution is 5.01. The molecule has 4 fully saturated rings. The van der Waals surface area contributed by atoms with Gasteiger partial charge in [-0.25, -0.2) is 0 Å². The van der Waals surface area contributed by atoms with Crippen LogP contribution in [0.5, 0.6) is 0 Å². The number of nitrogens with one attached hydrogen (secondary N) is 1. The molecule has 0 amide bonds. The van der Waals surface area contributed by atoms with Crippen LogP contribution < -0.4 is 11.3 Å². The van der Waals surface area contributed by atoms with Crippen molar-refractivity contribution in [1.82, 2.24) is 5.43 Å². The Bertz CT molecular complexity index is 259. The van der Waals surface area contributed by atoms with E-state index >= 15 is 0 Å². The van der Waals surface area contributed by atoms with Crippen molar-refractivity contribution in [2.24, 2.45) is 35.4 Å². The molecule has 96 valence electrons. The molecule has 0 aromatic heterocycles. The molecule has 3 N–H and O–H groups in total. The molecule has 1 atom stereocenters. The van der Waals surface area contributed by atoms with Crippen LogP contribution in [0.15, 0.2) is 12.7 Å². The Kier molecular flexibility index (Phi) is 3.27. The minimum Gasteiger partial charge on any atom is -0.271 e. The lowest BCUT2D eigenvalue weighted by Crippen LogP contribution is -2.54. The SMILES string of the molecule is C=CCCC(NN)C1C2CC3CC(C2)CC1C3. The van der Waals surface area contributed by atoms with E-state index in [4.69, 9.17) is 5.84 Å². The molecule has 4 rings (SSSR count). The predicted octanol–water partition coefficient (Wildman–Crippen LogP) is 2.86.